The van der Waals surface area contributed by atoms with Gasteiger partial charge < -0.3 is 14.8 Å². The SMILES string of the molecule is CC[C@H](C)[C@H](NC(=O)c1ccc(S(=O)(=O)N2CCOCC2)cc1)C(=O)OC. The summed E-state index contributed by atoms with van der Waals surface area (Å²) in [6.07, 6.45) is 0.691. The first-order valence-electron chi connectivity index (χ1n) is 8.88. The van der Waals surface area contributed by atoms with Crippen LogP contribution in [0, 0.1) is 5.92 Å². The van der Waals surface area contributed by atoms with Gasteiger partial charge in [-0.2, -0.15) is 4.31 Å². The third-order valence-electron chi connectivity index (χ3n) is 4.68. The first kappa shape index (κ1) is 21.3. The average Bonchev–Trinajstić information content (AvgIpc) is 2.71. The molecule has 2 rings (SSSR count). The van der Waals surface area contributed by atoms with Crippen molar-refractivity contribution in [3.63, 3.8) is 0 Å². The molecule has 1 N–H and O–H groups in total. The molecule has 2 atom stereocenters. The number of carbonyl (C=O) groups excluding carboxylic acids is 2. The first-order chi connectivity index (χ1) is 12.8. The van der Waals surface area contributed by atoms with Crippen molar-refractivity contribution in [2.45, 2.75) is 31.2 Å². The highest BCUT2D eigenvalue weighted by molar-refractivity contribution is 7.89. The Bertz CT molecular complexity index is 757. The molecule has 1 aliphatic rings. The van der Waals surface area contributed by atoms with Gasteiger partial charge in [-0.05, 0) is 30.2 Å². The molecule has 1 heterocycles. The van der Waals surface area contributed by atoms with Crippen LogP contribution in [0.5, 0.6) is 0 Å². The number of amides is 1. The summed E-state index contributed by atoms with van der Waals surface area (Å²) in [5.74, 6) is -1.06. The van der Waals surface area contributed by atoms with E-state index in [-0.39, 0.29) is 16.4 Å². The summed E-state index contributed by atoms with van der Waals surface area (Å²) in [6.45, 7) is 5.10. The summed E-state index contributed by atoms with van der Waals surface area (Å²) in [7, 11) is -2.34. The number of hydrogen-bond acceptors (Lipinski definition) is 6. The van der Waals surface area contributed by atoms with Crippen molar-refractivity contribution in [3.8, 4) is 0 Å². The monoisotopic (exact) mass is 398 g/mol. The average molecular weight is 398 g/mol. The van der Waals surface area contributed by atoms with E-state index in [4.69, 9.17) is 9.47 Å². The number of hydrogen-bond donors (Lipinski definition) is 1. The van der Waals surface area contributed by atoms with Crippen LogP contribution in [-0.4, -0.2) is 64.1 Å². The van der Waals surface area contributed by atoms with Crippen LogP contribution in [-0.2, 0) is 24.3 Å². The van der Waals surface area contributed by atoms with Gasteiger partial charge in [0, 0.05) is 18.7 Å². The molecular formula is C18H26N2O6S. The minimum absolute atomic E-state index is 0.0950. The molecule has 1 amide bonds. The Kier molecular flexibility index (Phi) is 7.34. The van der Waals surface area contributed by atoms with Crippen LogP contribution < -0.4 is 5.32 Å². The summed E-state index contributed by atoms with van der Waals surface area (Å²) < 4.78 is 36.5. The van der Waals surface area contributed by atoms with E-state index in [0.717, 1.165) is 0 Å². The number of ether oxygens (including phenoxy) is 2. The fourth-order valence-electron chi connectivity index (χ4n) is 2.74. The molecule has 1 fully saturated rings. The molecule has 1 saturated heterocycles. The number of sulfonamides is 1. The fraction of sp³-hybridized carbons (Fsp3) is 0.556. The zero-order valence-electron chi connectivity index (χ0n) is 15.8. The zero-order chi connectivity index (χ0) is 20.0. The van der Waals surface area contributed by atoms with E-state index in [9.17, 15) is 18.0 Å². The number of rotatable bonds is 7. The quantitative estimate of drug-likeness (QED) is 0.688. The molecule has 8 nitrogen and oxygen atoms in total. The van der Waals surface area contributed by atoms with Crippen LogP contribution >= 0.6 is 0 Å². The Hall–Kier alpha value is -1.97. The predicted octanol–water partition coefficient (Wildman–Crippen LogP) is 1.02. The maximum atomic E-state index is 12.6. The van der Waals surface area contributed by atoms with Gasteiger partial charge in [0.1, 0.15) is 6.04 Å². The Morgan fingerprint density at radius 3 is 2.33 bits per heavy atom. The number of nitrogens with one attached hydrogen (secondary N) is 1. The summed E-state index contributed by atoms with van der Waals surface area (Å²) in [6, 6.07) is 4.91. The van der Waals surface area contributed by atoms with Gasteiger partial charge in [-0.25, -0.2) is 13.2 Å². The molecule has 0 aromatic heterocycles. The molecule has 0 bridgehead atoms. The van der Waals surface area contributed by atoms with Crippen LogP contribution in [0.25, 0.3) is 0 Å². The molecular weight excluding hydrogens is 372 g/mol. The maximum absolute atomic E-state index is 12.6. The number of nitrogens with zero attached hydrogens (tertiary/aromatic N) is 1. The normalized spacial score (nSPS) is 17.7. The lowest BCUT2D eigenvalue weighted by atomic mass is 9.99. The highest BCUT2D eigenvalue weighted by atomic mass is 32.2. The Balaban J connectivity index is 2.13. The minimum Gasteiger partial charge on any atom is -0.467 e. The summed E-state index contributed by atoms with van der Waals surface area (Å²) in [5, 5.41) is 2.67. The number of morpholine rings is 1. The number of carbonyl (C=O) groups is 2. The highest BCUT2D eigenvalue weighted by Gasteiger charge is 2.28. The molecule has 0 radical (unpaired) electrons. The van der Waals surface area contributed by atoms with E-state index < -0.39 is 27.9 Å². The van der Waals surface area contributed by atoms with E-state index in [0.29, 0.717) is 32.7 Å². The molecule has 27 heavy (non-hydrogen) atoms. The standard InChI is InChI=1S/C18H26N2O6S/c1-4-13(2)16(18(22)25-3)19-17(21)14-5-7-15(8-6-14)27(23,24)20-9-11-26-12-10-20/h5-8,13,16H,4,9-12H2,1-3H3,(H,19,21)/t13-,16-/m0/s1. The van der Waals surface area contributed by atoms with Crippen molar-refractivity contribution < 1.29 is 27.5 Å². The number of esters is 1. The lowest BCUT2D eigenvalue weighted by Crippen LogP contribution is -2.45. The van der Waals surface area contributed by atoms with Crippen molar-refractivity contribution in [1.29, 1.82) is 0 Å². The highest BCUT2D eigenvalue weighted by Crippen LogP contribution is 2.18. The van der Waals surface area contributed by atoms with E-state index in [1.165, 1.54) is 35.7 Å². The second-order valence-electron chi connectivity index (χ2n) is 6.40. The first-order valence-corrected chi connectivity index (χ1v) is 10.3. The van der Waals surface area contributed by atoms with Gasteiger partial charge in [0.25, 0.3) is 5.91 Å². The van der Waals surface area contributed by atoms with E-state index in [1.807, 2.05) is 13.8 Å². The molecule has 1 aromatic rings. The van der Waals surface area contributed by atoms with Gasteiger partial charge in [-0.1, -0.05) is 20.3 Å². The maximum Gasteiger partial charge on any atom is 0.328 e. The van der Waals surface area contributed by atoms with Gasteiger partial charge >= 0.3 is 5.97 Å². The third kappa shape index (κ3) is 5.06. The van der Waals surface area contributed by atoms with Crippen LogP contribution in [0.4, 0.5) is 0 Å². The number of benzene rings is 1. The lowest BCUT2D eigenvalue weighted by Gasteiger charge is -2.26. The van der Waals surface area contributed by atoms with E-state index >= 15 is 0 Å². The molecule has 1 aromatic carbocycles. The molecule has 0 unspecified atom stereocenters. The second-order valence-corrected chi connectivity index (χ2v) is 8.34. The van der Waals surface area contributed by atoms with Crippen molar-refractivity contribution in [2.75, 3.05) is 33.4 Å². The van der Waals surface area contributed by atoms with Gasteiger partial charge in [-0.3, -0.25) is 4.79 Å². The second kappa shape index (κ2) is 9.29. The van der Waals surface area contributed by atoms with Crippen molar-refractivity contribution in [2.24, 2.45) is 5.92 Å². The van der Waals surface area contributed by atoms with Crippen molar-refractivity contribution in [1.82, 2.24) is 9.62 Å². The topological polar surface area (TPSA) is 102 Å². The molecule has 150 valence electrons. The van der Waals surface area contributed by atoms with Crippen molar-refractivity contribution >= 4 is 21.9 Å². The molecule has 9 heteroatoms. The van der Waals surface area contributed by atoms with E-state index in [2.05, 4.69) is 5.32 Å². The fourth-order valence-corrected chi connectivity index (χ4v) is 4.14. The van der Waals surface area contributed by atoms with E-state index in [1.54, 1.807) is 0 Å². The van der Waals surface area contributed by atoms with Gasteiger partial charge in [0.05, 0.1) is 25.2 Å². The van der Waals surface area contributed by atoms with Gasteiger partial charge in [-0.15, -0.1) is 0 Å². The summed E-state index contributed by atoms with van der Waals surface area (Å²) >= 11 is 0. The van der Waals surface area contributed by atoms with Crippen LogP contribution in [0.2, 0.25) is 0 Å². The smallest absolute Gasteiger partial charge is 0.328 e. The minimum atomic E-state index is -3.61. The Morgan fingerprint density at radius 1 is 1.22 bits per heavy atom. The summed E-state index contributed by atoms with van der Waals surface area (Å²) in [5.41, 5.74) is 0.271. The Labute approximate surface area is 159 Å². The lowest BCUT2D eigenvalue weighted by molar-refractivity contribution is -0.144. The third-order valence-corrected chi connectivity index (χ3v) is 6.59. The Morgan fingerprint density at radius 2 is 1.81 bits per heavy atom. The van der Waals surface area contributed by atoms with Crippen LogP contribution in [0.15, 0.2) is 29.2 Å². The largest absolute Gasteiger partial charge is 0.467 e. The van der Waals surface area contributed by atoms with Gasteiger partial charge in [0.15, 0.2) is 0 Å². The predicted molar refractivity (Wildman–Crippen MR) is 98.7 cm³/mol. The molecule has 0 aliphatic carbocycles. The number of methoxy groups -OCH3 is 1. The van der Waals surface area contributed by atoms with Crippen LogP contribution in [0.3, 0.4) is 0 Å². The molecule has 0 spiro atoms. The van der Waals surface area contributed by atoms with Gasteiger partial charge in [0.2, 0.25) is 10.0 Å². The van der Waals surface area contributed by atoms with Crippen molar-refractivity contribution in [3.05, 3.63) is 29.8 Å². The van der Waals surface area contributed by atoms with Crippen LogP contribution in [0.1, 0.15) is 30.6 Å². The molecule has 1 aliphatic heterocycles. The molecule has 0 saturated carbocycles. The zero-order valence-corrected chi connectivity index (χ0v) is 16.6. The summed E-state index contributed by atoms with van der Waals surface area (Å²) in [4.78, 5) is 24.5.